The Labute approximate surface area is 275 Å². The van der Waals surface area contributed by atoms with Gasteiger partial charge in [0, 0.05) is 46.3 Å². The summed E-state index contributed by atoms with van der Waals surface area (Å²) in [5, 5.41) is 6.62. The van der Waals surface area contributed by atoms with Crippen molar-refractivity contribution in [1.82, 2.24) is 15.4 Å². The van der Waals surface area contributed by atoms with Crippen molar-refractivity contribution in [2.45, 2.75) is 90.1 Å². The fraction of sp³-hybridized carbons (Fsp3) is 0.500. The number of hydrogen-bond donors (Lipinski definition) is 1. The molecule has 12 heteroatoms. The first-order valence-electron chi connectivity index (χ1n) is 15.9. The number of sulfonamides is 1. The van der Waals surface area contributed by atoms with Gasteiger partial charge in [0.1, 0.15) is 12.8 Å². The molecular weight excluding hydrogens is 621 g/mol. The third-order valence-electron chi connectivity index (χ3n) is 7.69. The third kappa shape index (κ3) is 9.76. The van der Waals surface area contributed by atoms with Crippen LogP contribution >= 0.6 is 0 Å². The van der Waals surface area contributed by atoms with E-state index in [1.165, 1.54) is 0 Å². The number of benzene rings is 2. The second kappa shape index (κ2) is 16.4. The molecule has 1 N–H and O–H groups in total. The summed E-state index contributed by atoms with van der Waals surface area (Å²) in [4.78, 5) is 27.9. The molecule has 46 heavy (non-hydrogen) atoms. The van der Waals surface area contributed by atoms with E-state index in [-0.39, 0.29) is 41.8 Å². The summed E-state index contributed by atoms with van der Waals surface area (Å²) in [7, 11) is -3.93. The highest BCUT2D eigenvalue weighted by Crippen LogP contribution is 2.33. The van der Waals surface area contributed by atoms with Crippen molar-refractivity contribution >= 4 is 35.8 Å². The molecule has 0 aliphatic heterocycles. The monoisotopic (exact) mass is 670 g/mol. The van der Waals surface area contributed by atoms with Gasteiger partial charge in [-0.05, 0) is 42.5 Å². The van der Waals surface area contributed by atoms with Crippen molar-refractivity contribution in [1.29, 1.82) is 0 Å². The largest absolute Gasteiger partial charge is 0.360 e. The van der Waals surface area contributed by atoms with Gasteiger partial charge in [-0.2, -0.15) is 0 Å². The molecule has 2 amide bonds. The molecule has 3 rings (SSSR count). The maximum Gasteiger partial charge on any atom is 0.269 e. The molecule has 1 heterocycles. The second-order valence-electron chi connectivity index (χ2n) is 13.1. The minimum absolute atomic E-state index is 0.0699. The van der Waals surface area contributed by atoms with Crippen molar-refractivity contribution < 1.29 is 27.3 Å². The van der Waals surface area contributed by atoms with Gasteiger partial charge < -0.3 is 19.5 Å². The molecule has 0 radical (unpaired) electrons. The van der Waals surface area contributed by atoms with Crippen LogP contribution in [0.5, 0.6) is 0 Å². The zero-order valence-corrected chi connectivity index (χ0v) is 30.3. The number of unbranched alkanes of at least 4 members (excludes halogenated alkanes) is 1. The van der Waals surface area contributed by atoms with Gasteiger partial charge in [-0.15, -0.1) is 0 Å². The Hall–Kier alpha value is -3.48. The number of nitrogens with zero attached hydrogens (tertiary/aromatic N) is 3. The quantitative estimate of drug-likeness (QED) is 0.0996. The Balaban J connectivity index is 1.95. The minimum Gasteiger partial charge on any atom is -0.360 e. The number of likely N-dealkylation sites (N-methyl/N-ethyl adjacent to an activating group) is 1. The summed E-state index contributed by atoms with van der Waals surface area (Å²) in [6.45, 7) is 14.8. The zero-order chi connectivity index (χ0) is 34.1. The van der Waals surface area contributed by atoms with Crippen LogP contribution in [-0.4, -0.2) is 64.8 Å². The van der Waals surface area contributed by atoms with E-state index in [4.69, 9.17) is 9.26 Å². The fourth-order valence-corrected chi connectivity index (χ4v) is 7.29. The van der Waals surface area contributed by atoms with Crippen molar-refractivity contribution in [2.24, 2.45) is 5.92 Å². The van der Waals surface area contributed by atoms with Crippen LogP contribution in [0.1, 0.15) is 51.3 Å². The number of carbonyl (C=O) groups excluding carboxylic acids is 2. The van der Waals surface area contributed by atoms with Gasteiger partial charge in [-0.25, -0.2) is 12.7 Å². The first kappa shape index (κ1) is 37.0. The number of anilines is 1. The molecular formula is C34H50N4O6SSi. The molecule has 2 aromatic carbocycles. The Bertz CT molecular complexity index is 1550. The van der Waals surface area contributed by atoms with Crippen LogP contribution in [0.3, 0.4) is 0 Å². The summed E-state index contributed by atoms with van der Waals surface area (Å²) < 4.78 is 40.8. The van der Waals surface area contributed by atoms with E-state index in [0.29, 0.717) is 29.8 Å². The lowest BCUT2D eigenvalue weighted by Gasteiger charge is -2.33. The van der Waals surface area contributed by atoms with E-state index in [1.54, 1.807) is 49.2 Å². The number of hydrogen-bond acceptors (Lipinski definition) is 7. The second-order valence-corrected chi connectivity index (χ2v) is 20.6. The molecule has 3 aromatic rings. The number of nitrogens with one attached hydrogen (secondary N) is 1. The first-order valence-corrected chi connectivity index (χ1v) is 21.1. The summed E-state index contributed by atoms with van der Waals surface area (Å²) in [6, 6.07) is 16.1. The lowest BCUT2D eigenvalue weighted by atomic mass is 9.99. The highest BCUT2D eigenvalue weighted by atomic mass is 32.2. The van der Waals surface area contributed by atoms with Gasteiger partial charge in [0.25, 0.3) is 10.0 Å². The van der Waals surface area contributed by atoms with Crippen LogP contribution in [0.2, 0.25) is 25.7 Å². The van der Waals surface area contributed by atoms with E-state index in [2.05, 4.69) is 30.1 Å². The van der Waals surface area contributed by atoms with E-state index in [1.807, 2.05) is 45.0 Å². The van der Waals surface area contributed by atoms with Crippen molar-refractivity contribution in [3.05, 3.63) is 65.9 Å². The lowest BCUT2D eigenvalue weighted by molar-refractivity contribution is -0.142. The summed E-state index contributed by atoms with van der Waals surface area (Å²) in [6.07, 6.45) is 1.98. The van der Waals surface area contributed by atoms with Crippen LogP contribution in [0, 0.1) is 12.8 Å². The van der Waals surface area contributed by atoms with Crippen molar-refractivity contribution in [3.8, 4) is 11.1 Å². The molecule has 0 aliphatic rings. The van der Waals surface area contributed by atoms with Crippen molar-refractivity contribution in [3.63, 3.8) is 0 Å². The molecule has 0 bridgehead atoms. The highest BCUT2D eigenvalue weighted by molar-refractivity contribution is 7.93. The van der Waals surface area contributed by atoms with Crippen LogP contribution in [0.25, 0.3) is 11.1 Å². The summed E-state index contributed by atoms with van der Waals surface area (Å²) in [5.74, 6) is -0.275. The van der Waals surface area contributed by atoms with Crippen LogP contribution < -0.4 is 9.62 Å². The van der Waals surface area contributed by atoms with Gasteiger partial charge in [0.05, 0.1) is 10.6 Å². The minimum atomic E-state index is -4.13. The van der Waals surface area contributed by atoms with E-state index in [9.17, 15) is 18.0 Å². The van der Waals surface area contributed by atoms with Gasteiger partial charge in [-0.1, -0.05) is 94.5 Å². The van der Waals surface area contributed by atoms with Crippen molar-refractivity contribution in [2.75, 3.05) is 24.7 Å². The van der Waals surface area contributed by atoms with E-state index < -0.39 is 24.1 Å². The molecule has 0 aliphatic carbocycles. The Morgan fingerprint density at radius 1 is 1.07 bits per heavy atom. The summed E-state index contributed by atoms with van der Waals surface area (Å²) >= 11 is 0. The smallest absolute Gasteiger partial charge is 0.269 e. The lowest BCUT2D eigenvalue weighted by Crippen LogP contribution is -2.51. The number of rotatable bonds is 17. The van der Waals surface area contributed by atoms with Gasteiger partial charge in [0.15, 0.2) is 0 Å². The SMILES string of the molecule is CCCCC(=O)N(Cc1ccc(-c2ccccc2S(=O)(=O)N(COCC[Si](C)(C)C)c2cc(C)no2)cc1)[C@H](C(=O)NC)C(C)C. The fourth-order valence-electron chi connectivity index (χ4n) is 5.05. The standard InChI is InChI=1S/C34H50N4O6SSi/c1-9-10-15-31(39)37(33(25(2)3)34(40)35-5)23-27-16-18-28(19-17-27)29-13-11-12-14-30(29)45(41,42)38(32-22-26(4)36-44-32)24-43-20-21-46(6,7)8/h11-14,16-19,22,25,33H,9-10,15,20-21,23-24H2,1-8H3,(H,35,40)/t33-/m0/s1. The molecule has 1 aromatic heterocycles. The molecule has 0 unspecified atom stereocenters. The first-order chi connectivity index (χ1) is 21.7. The normalized spacial score (nSPS) is 12.6. The van der Waals surface area contributed by atoms with Crippen LogP contribution in [-0.2, 0) is 30.9 Å². The number of ether oxygens (including phenoxy) is 1. The van der Waals surface area contributed by atoms with E-state index >= 15 is 0 Å². The summed E-state index contributed by atoms with van der Waals surface area (Å²) in [5.41, 5.74) is 2.59. The molecule has 0 saturated carbocycles. The number of aryl methyl sites for hydroxylation is 1. The Morgan fingerprint density at radius 3 is 2.30 bits per heavy atom. The highest BCUT2D eigenvalue weighted by Gasteiger charge is 2.33. The topological polar surface area (TPSA) is 122 Å². The Kier molecular flexibility index (Phi) is 13.2. The van der Waals surface area contributed by atoms with E-state index in [0.717, 1.165) is 28.8 Å². The molecule has 1 atom stereocenters. The molecule has 0 fully saturated rings. The predicted octanol–water partition coefficient (Wildman–Crippen LogP) is 6.45. The maximum atomic E-state index is 14.2. The van der Waals surface area contributed by atoms with Gasteiger partial charge >= 0.3 is 0 Å². The number of amides is 2. The zero-order valence-electron chi connectivity index (χ0n) is 28.5. The van der Waals surface area contributed by atoms with Gasteiger partial charge in [-0.3, -0.25) is 9.59 Å². The molecule has 0 saturated heterocycles. The maximum absolute atomic E-state index is 14.2. The average Bonchev–Trinajstić information content (AvgIpc) is 3.44. The molecule has 0 spiro atoms. The Morgan fingerprint density at radius 2 is 1.74 bits per heavy atom. The predicted molar refractivity (Wildman–Crippen MR) is 185 cm³/mol. The van der Waals surface area contributed by atoms with Crippen LogP contribution in [0.15, 0.2) is 64.0 Å². The third-order valence-corrected chi connectivity index (χ3v) is 11.2. The number of aromatic nitrogens is 1. The van der Waals surface area contributed by atoms with Crippen LogP contribution in [0.4, 0.5) is 5.88 Å². The van der Waals surface area contributed by atoms with Gasteiger partial charge in [0.2, 0.25) is 17.7 Å². The molecule has 252 valence electrons. The molecule has 10 nitrogen and oxygen atoms in total. The number of carbonyl (C=O) groups is 2. The average molecular weight is 671 g/mol.